The molecule has 106 valence electrons. The fraction of sp³-hybridized carbons (Fsp3) is 0.400. The van der Waals surface area contributed by atoms with Crippen LogP contribution in [0.25, 0.3) is 0 Å². The number of ether oxygens (including phenoxy) is 2. The Hall–Kier alpha value is -0.770. The van der Waals surface area contributed by atoms with E-state index in [1.54, 1.807) is 22.6 Å². The molecule has 1 aromatic heterocycles. The molecule has 0 aliphatic rings. The molecule has 1 heterocycles. The first-order valence-corrected chi connectivity index (χ1v) is 6.45. The maximum absolute atomic E-state index is 12.3. The predicted octanol–water partition coefficient (Wildman–Crippen LogP) is 3.04. The molecule has 0 radical (unpaired) electrons. The summed E-state index contributed by atoms with van der Waals surface area (Å²) in [6, 6.07) is 1.36. The lowest BCUT2D eigenvalue weighted by Gasteiger charge is -2.14. The van der Waals surface area contributed by atoms with Crippen LogP contribution in [0.5, 0.6) is 5.75 Å². The van der Waals surface area contributed by atoms with Gasteiger partial charge in [-0.25, -0.2) is 0 Å². The molecule has 1 rings (SSSR count). The van der Waals surface area contributed by atoms with Crippen LogP contribution in [0.3, 0.4) is 0 Å². The molecule has 0 aliphatic heterocycles. The first kappa shape index (κ1) is 16.3. The summed E-state index contributed by atoms with van der Waals surface area (Å²) in [6.07, 6.45) is -5.29. The Bertz CT molecular complexity index is 482. The minimum atomic E-state index is -4.87. The van der Waals surface area contributed by atoms with Gasteiger partial charge in [0.1, 0.15) is 0 Å². The summed E-state index contributed by atoms with van der Waals surface area (Å²) in [5.41, 5.74) is 0.186. The number of hydrogen-bond acceptors (Lipinski definition) is 4. The molecule has 0 spiro atoms. The minimum absolute atomic E-state index is 0.0104. The Balaban J connectivity index is 3.21. The molecule has 4 nitrogen and oxygen atoms in total. The summed E-state index contributed by atoms with van der Waals surface area (Å²) in [7, 11) is 1.13. The van der Waals surface area contributed by atoms with Crippen LogP contribution < -0.4 is 4.74 Å². The molecular formula is C10H8ClF3INO3. The topological polar surface area (TPSA) is 48.4 Å². The van der Waals surface area contributed by atoms with Gasteiger partial charge in [0, 0.05) is 0 Å². The van der Waals surface area contributed by atoms with Crippen molar-refractivity contribution in [1.29, 1.82) is 0 Å². The first-order valence-electron chi connectivity index (χ1n) is 4.83. The lowest BCUT2D eigenvalue weighted by Crippen LogP contribution is -2.20. The number of halogens is 5. The number of methoxy groups -OCH3 is 1. The number of alkyl halides is 4. The Morgan fingerprint density at radius 1 is 1.53 bits per heavy atom. The molecule has 1 aromatic rings. The van der Waals surface area contributed by atoms with E-state index in [0.29, 0.717) is 5.69 Å². The highest BCUT2D eigenvalue weighted by atomic mass is 127. The highest BCUT2D eigenvalue weighted by Crippen LogP contribution is 2.31. The highest BCUT2D eigenvalue weighted by Gasteiger charge is 2.34. The highest BCUT2D eigenvalue weighted by molar-refractivity contribution is 14.1. The van der Waals surface area contributed by atoms with Crippen LogP contribution >= 0.6 is 34.2 Å². The Kier molecular flexibility index (Phi) is 5.65. The number of carbonyl (C=O) groups is 1. The molecule has 0 aliphatic carbocycles. The van der Waals surface area contributed by atoms with Gasteiger partial charge >= 0.3 is 12.3 Å². The van der Waals surface area contributed by atoms with Gasteiger partial charge in [-0.3, -0.25) is 9.78 Å². The van der Waals surface area contributed by atoms with Gasteiger partial charge in [0.15, 0.2) is 5.75 Å². The summed E-state index contributed by atoms with van der Waals surface area (Å²) in [5.74, 6) is -1.22. The zero-order chi connectivity index (χ0) is 14.6. The smallest absolute Gasteiger partial charge is 0.469 e. The Labute approximate surface area is 125 Å². The second kappa shape index (κ2) is 6.60. The number of hydrogen-bond donors (Lipinski definition) is 0. The van der Waals surface area contributed by atoms with Crippen molar-refractivity contribution < 1.29 is 27.4 Å². The van der Waals surface area contributed by atoms with E-state index < -0.39 is 24.5 Å². The normalized spacial score (nSPS) is 11.3. The molecule has 0 saturated heterocycles. The van der Waals surface area contributed by atoms with E-state index >= 15 is 0 Å². The standard InChI is InChI=1S/C10H8ClF3INO3/c1-18-8(17)3-7-9(19-10(12,13)14)6(15)2-5(4-11)16-7/h2H,3-4H2,1H3. The third kappa shape index (κ3) is 5.01. The third-order valence-corrected chi connectivity index (χ3v) is 3.02. The predicted molar refractivity (Wildman–Crippen MR) is 68.9 cm³/mol. The maximum atomic E-state index is 12.3. The van der Waals surface area contributed by atoms with Crippen molar-refractivity contribution in [3.8, 4) is 5.75 Å². The minimum Gasteiger partial charge on any atom is -0.469 e. The molecule has 9 heteroatoms. The van der Waals surface area contributed by atoms with Crippen LogP contribution in [0.1, 0.15) is 11.4 Å². The summed E-state index contributed by atoms with van der Waals surface area (Å²) in [5, 5.41) is 0. The largest absolute Gasteiger partial charge is 0.573 e. The van der Waals surface area contributed by atoms with E-state index in [-0.39, 0.29) is 15.1 Å². The van der Waals surface area contributed by atoms with E-state index in [1.807, 2.05) is 0 Å². The molecule has 0 bridgehead atoms. The molecule has 0 aromatic carbocycles. The summed E-state index contributed by atoms with van der Waals surface area (Å²) in [6.45, 7) is 0. The van der Waals surface area contributed by atoms with Gasteiger partial charge in [-0.05, 0) is 28.7 Å². The van der Waals surface area contributed by atoms with Gasteiger partial charge in [-0.15, -0.1) is 24.8 Å². The molecule has 0 atom stereocenters. The van der Waals surface area contributed by atoms with Crippen LogP contribution in [-0.4, -0.2) is 24.4 Å². The third-order valence-electron chi connectivity index (χ3n) is 1.95. The van der Waals surface area contributed by atoms with Crippen molar-refractivity contribution >= 4 is 40.2 Å². The van der Waals surface area contributed by atoms with E-state index in [2.05, 4.69) is 14.5 Å². The molecule has 0 saturated carbocycles. The van der Waals surface area contributed by atoms with Crippen molar-refractivity contribution in [1.82, 2.24) is 4.98 Å². The average Bonchev–Trinajstić information content (AvgIpc) is 2.31. The number of esters is 1. The second-order valence-electron chi connectivity index (χ2n) is 3.31. The van der Waals surface area contributed by atoms with Crippen molar-refractivity contribution in [2.45, 2.75) is 18.7 Å². The fourth-order valence-electron chi connectivity index (χ4n) is 1.23. The van der Waals surface area contributed by atoms with Crippen molar-refractivity contribution in [3.05, 3.63) is 21.0 Å². The van der Waals surface area contributed by atoms with Gasteiger partial charge in [0.2, 0.25) is 0 Å². The molecular weight excluding hydrogens is 401 g/mol. The molecule has 19 heavy (non-hydrogen) atoms. The number of nitrogens with zero attached hydrogens (tertiary/aromatic N) is 1. The number of pyridine rings is 1. The van der Waals surface area contributed by atoms with Gasteiger partial charge in [0.25, 0.3) is 0 Å². The monoisotopic (exact) mass is 409 g/mol. The van der Waals surface area contributed by atoms with Crippen LogP contribution in [0.4, 0.5) is 13.2 Å². The number of aromatic nitrogens is 1. The van der Waals surface area contributed by atoms with Crippen molar-refractivity contribution in [2.24, 2.45) is 0 Å². The summed E-state index contributed by atoms with van der Waals surface area (Å²) in [4.78, 5) is 15.0. The van der Waals surface area contributed by atoms with Crippen LogP contribution in [0.2, 0.25) is 0 Å². The van der Waals surface area contributed by atoms with Gasteiger partial charge in [-0.2, -0.15) is 0 Å². The Morgan fingerprint density at radius 3 is 2.63 bits per heavy atom. The SMILES string of the molecule is COC(=O)Cc1nc(CCl)cc(I)c1OC(F)(F)F. The summed E-state index contributed by atoms with van der Waals surface area (Å²) < 4.78 is 45.4. The van der Waals surface area contributed by atoms with Crippen LogP contribution in [0.15, 0.2) is 6.07 Å². The molecule has 0 unspecified atom stereocenters. The van der Waals surface area contributed by atoms with Gasteiger partial charge in [0.05, 0.1) is 34.4 Å². The maximum Gasteiger partial charge on any atom is 0.573 e. The fourth-order valence-corrected chi connectivity index (χ4v) is 2.14. The summed E-state index contributed by atoms with van der Waals surface area (Å²) >= 11 is 7.24. The second-order valence-corrected chi connectivity index (χ2v) is 4.74. The first-order chi connectivity index (χ1) is 8.76. The van der Waals surface area contributed by atoms with E-state index in [0.717, 1.165) is 7.11 Å². The number of carbonyl (C=O) groups excluding carboxylic acids is 1. The van der Waals surface area contributed by atoms with Crippen molar-refractivity contribution in [2.75, 3.05) is 7.11 Å². The molecule has 0 fully saturated rings. The van der Waals surface area contributed by atoms with E-state index in [4.69, 9.17) is 11.6 Å². The number of rotatable bonds is 4. The van der Waals surface area contributed by atoms with Gasteiger partial charge in [-0.1, -0.05) is 0 Å². The lowest BCUT2D eigenvalue weighted by atomic mass is 10.2. The quantitative estimate of drug-likeness (QED) is 0.436. The van der Waals surface area contributed by atoms with E-state index in [1.165, 1.54) is 6.07 Å². The van der Waals surface area contributed by atoms with Crippen molar-refractivity contribution in [3.63, 3.8) is 0 Å². The van der Waals surface area contributed by atoms with Gasteiger partial charge < -0.3 is 9.47 Å². The lowest BCUT2D eigenvalue weighted by molar-refractivity contribution is -0.275. The van der Waals surface area contributed by atoms with Crippen LogP contribution in [0, 0.1) is 3.57 Å². The van der Waals surface area contributed by atoms with E-state index in [9.17, 15) is 18.0 Å². The Morgan fingerprint density at radius 2 is 2.16 bits per heavy atom. The average molecular weight is 410 g/mol. The molecule has 0 N–H and O–H groups in total. The zero-order valence-corrected chi connectivity index (χ0v) is 12.5. The molecule has 0 amide bonds. The zero-order valence-electron chi connectivity index (χ0n) is 9.55. The van der Waals surface area contributed by atoms with Crippen LogP contribution in [-0.2, 0) is 21.8 Å².